The number of pyridine rings is 1. The summed E-state index contributed by atoms with van der Waals surface area (Å²) in [6.07, 6.45) is 1.57. The molecule has 5 heteroatoms. The van der Waals surface area contributed by atoms with Gasteiger partial charge >= 0.3 is 0 Å². The van der Waals surface area contributed by atoms with Gasteiger partial charge in [0.1, 0.15) is 5.82 Å². The van der Waals surface area contributed by atoms with Crippen LogP contribution in [0.25, 0.3) is 0 Å². The topological polar surface area (TPSA) is 64.9 Å². The maximum absolute atomic E-state index is 5.71. The van der Waals surface area contributed by atoms with Crippen LogP contribution in [-0.4, -0.2) is 4.98 Å². The molecule has 0 spiro atoms. The van der Waals surface area contributed by atoms with Crippen LogP contribution in [0.4, 0.5) is 5.82 Å². The highest BCUT2D eigenvalue weighted by Gasteiger charge is 2.01. The number of aromatic nitrogens is 1. The second-order valence-corrected chi connectivity index (χ2v) is 2.68. The van der Waals surface area contributed by atoms with Gasteiger partial charge in [0.2, 0.25) is 0 Å². The van der Waals surface area contributed by atoms with Gasteiger partial charge in [0.15, 0.2) is 0 Å². The number of halogens is 1. The molecule has 1 rings (SSSR count). The lowest BCUT2D eigenvalue weighted by Crippen LogP contribution is -1.92. The van der Waals surface area contributed by atoms with Crippen molar-refractivity contribution in [2.75, 3.05) is 5.73 Å². The molecule has 0 unspecified atom stereocenters. The molecular formula is C5H6ClN3S. The Morgan fingerprint density at radius 1 is 1.60 bits per heavy atom. The maximum Gasteiger partial charge on any atom is 0.143 e. The molecule has 0 radical (unpaired) electrons. The maximum atomic E-state index is 5.71. The number of hydrogen-bond donors (Lipinski definition) is 2. The molecule has 4 N–H and O–H groups in total. The SMILES string of the molecule is NSc1ccnc(N)c1Cl. The van der Waals surface area contributed by atoms with E-state index in [2.05, 4.69) is 4.98 Å². The van der Waals surface area contributed by atoms with Crippen LogP contribution in [0.2, 0.25) is 5.02 Å². The van der Waals surface area contributed by atoms with Crippen molar-refractivity contribution in [3.8, 4) is 0 Å². The Hall–Kier alpha value is -0.450. The predicted molar refractivity (Wildman–Crippen MR) is 43.7 cm³/mol. The van der Waals surface area contributed by atoms with E-state index in [4.69, 9.17) is 22.5 Å². The molecule has 0 aliphatic heterocycles. The van der Waals surface area contributed by atoms with Crippen molar-refractivity contribution in [2.45, 2.75) is 4.90 Å². The molecule has 0 amide bonds. The van der Waals surface area contributed by atoms with Crippen LogP contribution in [-0.2, 0) is 0 Å². The van der Waals surface area contributed by atoms with E-state index in [1.807, 2.05) is 0 Å². The van der Waals surface area contributed by atoms with Gasteiger partial charge in [-0.2, -0.15) is 0 Å². The van der Waals surface area contributed by atoms with Gasteiger partial charge in [0.05, 0.1) is 5.02 Å². The highest BCUT2D eigenvalue weighted by Crippen LogP contribution is 2.26. The first-order valence-corrected chi connectivity index (χ1v) is 3.78. The second kappa shape index (κ2) is 3.09. The monoisotopic (exact) mass is 175 g/mol. The molecule has 0 aromatic carbocycles. The van der Waals surface area contributed by atoms with Crippen LogP contribution < -0.4 is 10.9 Å². The van der Waals surface area contributed by atoms with E-state index in [1.165, 1.54) is 0 Å². The number of rotatable bonds is 1. The zero-order valence-electron chi connectivity index (χ0n) is 5.04. The molecule has 0 aliphatic rings. The van der Waals surface area contributed by atoms with Crippen LogP contribution in [0.1, 0.15) is 0 Å². The summed E-state index contributed by atoms with van der Waals surface area (Å²) in [6, 6.07) is 1.71. The molecule has 1 heterocycles. The van der Waals surface area contributed by atoms with E-state index in [9.17, 15) is 0 Å². The number of hydrogen-bond acceptors (Lipinski definition) is 4. The minimum Gasteiger partial charge on any atom is -0.382 e. The summed E-state index contributed by atoms with van der Waals surface area (Å²) < 4.78 is 0. The number of nitrogens with two attached hydrogens (primary N) is 2. The first kappa shape index (κ1) is 7.65. The lowest BCUT2D eigenvalue weighted by molar-refractivity contribution is 1.27. The van der Waals surface area contributed by atoms with Crippen LogP contribution in [0.5, 0.6) is 0 Å². The van der Waals surface area contributed by atoms with Gasteiger partial charge in [0, 0.05) is 11.1 Å². The van der Waals surface area contributed by atoms with Crippen molar-refractivity contribution in [1.82, 2.24) is 4.98 Å². The van der Waals surface area contributed by atoms with Crippen molar-refractivity contribution in [3.05, 3.63) is 17.3 Å². The molecule has 0 bridgehead atoms. The standard InChI is InChI=1S/C5H6ClN3S/c6-4-3(10-8)1-2-9-5(4)7/h1-2H,8H2,(H2,7,9). The molecular weight excluding hydrogens is 170 g/mol. The van der Waals surface area contributed by atoms with Gasteiger partial charge in [-0.1, -0.05) is 11.6 Å². The van der Waals surface area contributed by atoms with Crippen molar-refractivity contribution < 1.29 is 0 Å². The Labute approximate surface area is 67.9 Å². The van der Waals surface area contributed by atoms with Crippen LogP contribution in [0.3, 0.4) is 0 Å². The summed E-state index contributed by atoms with van der Waals surface area (Å²) in [4.78, 5) is 4.51. The fourth-order valence-electron chi connectivity index (χ4n) is 0.532. The quantitative estimate of drug-likeness (QED) is 0.632. The number of nitrogen functional groups attached to an aromatic ring is 1. The van der Waals surface area contributed by atoms with E-state index in [0.29, 0.717) is 10.8 Å². The third kappa shape index (κ3) is 1.34. The second-order valence-electron chi connectivity index (χ2n) is 1.63. The fourth-order valence-corrected chi connectivity index (χ4v) is 1.13. The van der Waals surface area contributed by atoms with E-state index in [1.54, 1.807) is 12.3 Å². The predicted octanol–water partition coefficient (Wildman–Crippen LogP) is 1.28. The molecule has 0 atom stereocenters. The molecule has 1 aromatic rings. The van der Waals surface area contributed by atoms with Crippen molar-refractivity contribution in [1.29, 1.82) is 0 Å². The van der Waals surface area contributed by atoms with Crippen molar-refractivity contribution in [3.63, 3.8) is 0 Å². The average molecular weight is 176 g/mol. The van der Waals surface area contributed by atoms with E-state index in [-0.39, 0.29) is 0 Å². The highest BCUT2D eigenvalue weighted by atomic mass is 35.5. The molecule has 0 saturated heterocycles. The summed E-state index contributed by atoms with van der Waals surface area (Å²) in [5.41, 5.74) is 5.38. The van der Waals surface area contributed by atoms with Crippen molar-refractivity contribution in [2.24, 2.45) is 5.14 Å². The minimum absolute atomic E-state index is 0.317. The molecule has 0 fully saturated rings. The molecule has 0 saturated carbocycles. The van der Waals surface area contributed by atoms with E-state index in [0.717, 1.165) is 16.8 Å². The normalized spacial score (nSPS) is 9.80. The number of nitrogens with zero attached hydrogens (tertiary/aromatic N) is 1. The number of anilines is 1. The molecule has 3 nitrogen and oxygen atoms in total. The van der Waals surface area contributed by atoms with Gasteiger partial charge in [-0.05, 0) is 18.0 Å². The van der Waals surface area contributed by atoms with Crippen LogP contribution in [0, 0.1) is 0 Å². The summed E-state index contributed by atoms with van der Waals surface area (Å²) >= 11 is 6.76. The summed E-state index contributed by atoms with van der Waals surface area (Å²) in [5.74, 6) is 0.317. The Balaban J connectivity index is 3.14. The van der Waals surface area contributed by atoms with Gasteiger partial charge < -0.3 is 5.73 Å². The van der Waals surface area contributed by atoms with E-state index < -0.39 is 0 Å². The Kier molecular flexibility index (Phi) is 2.37. The Morgan fingerprint density at radius 2 is 2.30 bits per heavy atom. The van der Waals surface area contributed by atoms with E-state index >= 15 is 0 Å². The zero-order valence-corrected chi connectivity index (χ0v) is 6.62. The first-order valence-electron chi connectivity index (χ1n) is 2.52. The Bertz CT molecular complexity index is 240. The van der Waals surface area contributed by atoms with Crippen LogP contribution in [0.15, 0.2) is 17.2 Å². The third-order valence-electron chi connectivity index (χ3n) is 1.01. The smallest absolute Gasteiger partial charge is 0.143 e. The third-order valence-corrected chi connectivity index (χ3v) is 2.11. The highest BCUT2D eigenvalue weighted by molar-refractivity contribution is 7.97. The zero-order chi connectivity index (χ0) is 7.56. The van der Waals surface area contributed by atoms with Crippen LogP contribution >= 0.6 is 23.5 Å². The minimum atomic E-state index is 0.317. The molecule has 54 valence electrons. The summed E-state index contributed by atoms with van der Waals surface area (Å²) in [6.45, 7) is 0. The van der Waals surface area contributed by atoms with Crippen molar-refractivity contribution >= 4 is 29.4 Å². The molecule has 0 aliphatic carbocycles. The molecule has 10 heavy (non-hydrogen) atoms. The van der Waals surface area contributed by atoms with Gasteiger partial charge in [-0.25, -0.2) is 4.98 Å². The lowest BCUT2D eigenvalue weighted by Gasteiger charge is -1.99. The van der Waals surface area contributed by atoms with Gasteiger partial charge in [-0.3, -0.25) is 5.14 Å². The van der Waals surface area contributed by atoms with Gasteiger partial charge in [0.25, 0.3) is 0 Å². The summed E-state index contributed by atoms with van der Waals surface area (Å²) in [5, 5.41) is 5.69. The first-order chi connectivity index (χ1) is 4.75. The average Bonchev–Trinajstić information content (AvgIpc) is 1.95. The summed E-state index contributed by atoms with van der Waals surface area (Å²) in [7, 11) is 0. The van der Waals surface area contributed by atoms with Gasteiger partial charge in [-0.15, -0.1) is 0 Å². The lowest BCUT2D eigenvalue weighted by atomic mass is 10.5. The fraction of sp³-hybridized carbons (Fsp3) is 0. The largest absolute Gasteiger partial charge is 0.382 e. The molecule has 1 aromatic heterocycles. The Morgan fingerprint density at radius 3 is 2.80 bits per heavy atom.